The summed E-state index contributed by atoms with van der Waals surface area (Å²) >= 11 is 0. The highest BCUT2D eigenvalue weighted by Gasteiger charge is 2.32. The number of hydrogen-bond acceptors (Lipinski definition) is 4. The molecule has 1 heterocycles. The van der Waals surface area contributed by atoms with Crippen LogP contribution in [0.4, 0.5) is 22.0 Å². The van der Waals surface area contributed by atoms with Crippen LogP contribution in [0.15, 0.2) is 82.1 Å². The first-order chi connectivity index (χ1) is 17.5. The molecule has 37 heavy (non-hydrogen) atoms. The third kappa shape index (κ3) is 7.14. The molecule has 3 aromatic carbocycles. The zero-order valence-electron chi connectivity index (χ0n) is 19.2. The molecule has 1 fully saturated rings. The van der Waals surface area contributed by atoms with Crippen LogP contribution < -0.4 is 4.74 Å². The van der Waals surface area contributed by atoms with Crippen molar-refractivity contribution >= 4 is 16.2 Å². The van der Waals surface area contributed by atoms with Gasteiger partial charge in [0.15, 0.2) is 0 Å². The quantitative estimate of drug-likeness (QED) is 0.263. The van der Waals surface area contributed by atoms with Crippen LogP contribution in [0.1, 0.15) is 29.9 Å². The molecule has 2 atom stereocenters. The summed E-state index contributed by atoms with van der Waals surface area (Å²) in [6.07, 6.45) is -3.14. The van der Waals surface area contributed by atoms with Crippen LogP contribution >= 0.6 is 0 Å². The van der Waals surface area contributed by atoms with Crippen molar-refractivity contribution in [2.24, 2.45) is 10.3 Å². The summed E-state index contributed by atoms with van der Waals surface area (Å²) in [6, 6.07) is 15.6. The molecule has 11 heteroatoms. The van der Waals surface area contributed by atoms with E-state index >= 15 is 0 Å². The SMILES string of the molecule is O=S(=O)(N=CC1CCO[C@H](C(c2ccc(F)cc2)c2ccc(F)cc2)C1)c1ccc(OC(F)(F)F)cc1. The first-order valence-electron chi connectivity index (χ1n) is 11.3. The zero-order valence-corrected chi connectivity index (χ0v) is 20.1. The lowest BCUT2D eigenvalue weighted by Crippen LogP contribution is -2.32. The van der Waals surface area contributed by atoms with E-state index < -0.39 is 39.9 Å². The van der Waals surface area contributed by atoms with E-state index in [1.54, 1.807) is 24.3 Å². The number of hydrogen-bond donors (Lipinski definition) is 0. The van der Waals surface area contributed by atoms with Gasteiger partial charge in [-0.3, -0.25) is 0 Å². The lowest BCUT2D eigenvalue weighted by molar-refractivity contribution is -0.274. The molecule has 1 aliphatic heterocycles. The van der Waals surface area contributed by atoms with Crippen LogP contribution in [0.3, 0.4) is 0 Å². The standard InChI is InChI=1S/C26H22F5NO4S/c27-20-5-1-18(2-6-20)25(19-3-7-21(28)8-4-19)24-15-17(13-14-35-24)16-32-37(33,34)23-11-9-22(10-12-23)36-26(29,30)31/h1-12,16-17,24-25H,13-15H2/t17?,24-/m0/s1. The molecule has 0 N–H and O–H groups in total. The molecular weight excluding hydrogens is 517 g/mol. The number of halogens is 5. The first-order valence-corrected chi connectivity index (χ1v) is 12.7. The van der Waals surface area contributed by atoms with Crippen molar-refractivity contribution in [3.8, 4) is 5.75 Å². The molecule has 3 aromatic rings. The molecule has 0 saturated carbocycles. The molecule has 4 rings (SSSR count). The summed E-state index contributed by atoms with van der Waals surface area (Å²) in [4.78, 5) is -0.280. The van der Waals surface area contributed by atoms with Gasteiger partial charge in [0, 0.05) is 18.7 Å². The van der Waals surface area contributed by atoms with Gasteiger partial charge in [0.05, 0.1) is 11.0 Å². The van der Waals surface area contributed by atoms with E-state index in [9.17, 15) is 30.4 Å². The second kappa shape index (κ2) is 11.0. The summed E-state index contributed by atoms with van der Waals surface area (Å²) in [5.74, 6) is -2.01. The second-order valence-corrected chi connectivity index (χ2v) is 10.2. The fourth-order valence-corrected chi connectivity index (χ4v) is 5.16. The minimum Gasteiger partial charge on any atom is -0.406 e. The molecule has 1 saturated heterocycles. The van der Waals surface area contributed by atoms with Crippen LogP contribution in [0.5, 0.6) is 5.75 Å². The number of ether oxygens (including phenoxy) is 2. The number of rotatable bonds is 7. The van der Waals surface area contributed by atoms with Crippen LogP contribution in [-0.2, 0) is 14.8 Å². The smallest absolute Gasteiger partial charge is 0.406 e. The average molecular weight is 540 g/mol. The average Bonchev–Trinajstić information content (AvgIpc) is 2.85. The molecule has 1 unspecified atom stereocenters. The van der Waals surface area contributed by atoms with Gasteiger partial charge in [-0.05, 0) is 78.4 Å². The van der Waals surface area contributed by atoms with Gasteiger partial charge < -0.3 is 9.47 Å². The summed E-state index contributed by atoms with van der Waals surface area (Å²) in [5, 5.41) is 0. The third-order valence-electron chi connectivity index (χ3n) is 5.95. The lowest BCUT2D eigenvalue weighted by Gasteiger charge is -2.34. The van der Waals surface area contributed by atoms with Gasteiger partial charge in [-0.25, -0.2) is 8.78 Å². The molecule has 1 aliphatic rings. The Morgan fingerprint density at radius 1 is 0.892 bits per heavy atom. The minimum absolute atomic E-state index is 0.280. The van der Waals surface area contributed by atoms with Gasteiger partial charge >= 0.3 is 6.36 Å². The van der Waals surface area contributed by atoms with E-state index in [1.165, 1.54) is 30.5 Å². The lowest BCUT2D eigenvalue weighted by atomic mass is 9.81. The summed E-state index contributed by atoms with van der Waals surface area (Å²) in [6.45, 7) is 0.309. The van der Waals surface area contributed by atoms with Crippen molar-refractivity contribution in [1.82, 2.24) is 0 Å². The van der Waals surface area contributed by atoms with E-state index in [-0.39, 0.29) is 16.7 Å². The Labute approximate surface area is 210 Å². The minimum atomic E-state index is -4.89. The van der Waals surface area contributed by atoms with Crippen molar-refractivity contribution in [3.63, 3.8) is 0 Å². The Balaban J connectivity index is 1.52. The Hall–Kier alpha value is -3.31. The highest BCUT2D eigenvalue weighted by atomic mass is 32.2. The van der Waals surface area contributed by atoms with Gasteiger partial charge in [-0.2, -0.15) is 12.8 Å². The van der Waals surface area contributed by atoms with Crippen molar-refractivity contribution in [2.75, 3.05) is 6.61 Å². The summed E-state index contributed by atoms with van der Waals surface area (Å²) in [7, 11) is -4.16. The van der Waals surface area contributed by atoms with E-state index in [0.717, 1.165) is 35.4 Å². The Bertz CT molecular complexity index is 1280. The van der Waals surface area contributed by atoms with Gasteiger partial charge in [-0.1, -0.05) is 24.3 Å². The summed E-state index contributed by atoms with van der Waals surface area (Å²) in [5.41, 5.74) is 1.51. The van der Waals surface area contributed by atoms with Gasteiger partial charge in [-0.15, -0.1) is 13.2 Å². The fraction of sp³-hybridized carbons (Fsp3) is 0.269. The molecule has 196 valence electrons. The zero-order chi connectivity index (χ0) is 26.6. The normalized spacial score (nSPS) is 18.9. The summed E-state index contributed by atoms with van der Waals surface area (Å²) < 4.78 is 103. The topological polar surface area (TPSA) is 65.0 Å². The van der Waals surface area contributed by atoms with E-state index in [2.05, 4.69) is 9.13 Å². The van der Waals surface area contributed by atoms with Crippen molar-refractivity contribution < 1.29 is 39.8 Å². The third-order valence-corrected chi connectivity index (χ3v) is 7.22. The van der Waals surface area contributed by atoms with Crippen molar-refractivity contribution in [1.29, 1.82) is 0 Å². The maximum absolute atomic E-state index is 13.5. The maximum atomic E-state index is 13.5. The van der Waals surface area contributed by atoms with Gasteiger partial charge in [0.2, 0.25) is 0 Å². The molecule has 0 bridgehead atoms. The molecular formula is C26H22F5NO4S. The molecule has 0 amide bonds. The molecule has 0 spiro atoms. The van der Waals surface area contributed by atoms with E-state index in [4.69, 9.17) is 4.74 Å². The van der Waals surface area contributed by atoms with Gasteiger partial charge in [0.1, 0.15) is 17.4 Å². The van der Waals surface area contributed by atoms with Crippen LogP contribution in [-0.4, -0.2) is 33.7 Å². The largest absolute Gasteiger partial charge is 0.573 e. The highest BCUT2D eigenvalue weighted by molar-refractivity contribution is 7.90. The van der Waals surface area contributed by atoms with Gasteiger partial charge in [0.25, 0.3) is 10.0 Å². The van der Waals surface area contributed by atoms with Crippen LogP contribution in [0.2, 0.25) is 0 Å². The van der Waals surface area contributed by atoms with Crippen molar-refractivity contribution in [3.05, 3.63) is 95.6 Å². The Morgan fingerprint density at radius 3 is 1.95 bits per heavy atom. The molecule has 5 nitrogen and oxygen atoms in total. The number of benzene rings is 3. The second-order valence-electron chi connectivity index (χ2n) is 8.52. The number of alkyl halides is 3. The predicted molar refractivity (Wildman–Crippen MR) is 126 cm³/mol. The first kappa shape index (κ1) is 26.7. The Kier molecular flexibility index (Phi) is 7.93. The molecule has 0 aliphatic carbocycles. The molecule has 0 aromatic heterocycles. The van der Waals surface area contributed by atoms with Crippen molar-refractivity contribution in [2.45, 2.75) is 36.1 Å². The molecule has 0 radical (unpaired) electrons. The van der Waals surface area contributed by atoms with Crippen LogP contribution in [0.25, 0.3) is 0 Å². The predicted octanol–water partition coefficient (Wildman–Crippen LogP) is 6.25. The van der Waals surface area contributed by atoms with E-state index in [0.29, 0.717) is 19.4 Å². The van der Waals surface area contributed by atoms with Crippen LogP contribution in [0, 0.1) is 17.6 Å². The fourth-order valence-electron chi connectivity index (χ4n) is 4.23. The number of sulfonamides is 1. The maximum Gasteiger partial charge on any atom is 0.573 e. The Morgan fingerprint density at radius 2 is 1.43 bits per heavy atom. The van der Waals surface area contributed by atoms with E-state index in [1.807, 2.05) is 0 Å². The number of nitrogens with zero attached hydrogens (tertiary/aromatic N) is 1. The highest BCUT2D eigenvalue weighted by Crippen LogP contribution is 2.36. The monoisotopic (exact) mass is 539 g/mol.